The van der Waals surface area contributed by atoms with Gasteiger partial charge in [0.25, 0.3) is 5.91 Å². The molecule has 5 rings (SSSR count). The summed E-state index contributed by atoms with van der Waals surface area (Å²) in [5.41, 5.74) is 5.22. The third-order valence-corrected chi connectivity index (χ3v) is 8.71. The Morgan fingerprint density at radius 2 is 1.75 bits per heavy atom. The van der Waals surface area contributed by atoms with Crippen molar-refractivity contribution >= 4 is 11.8 Å². The number of benzene rings is 1. The summed E-state index contributed by atoms with van der Waals surface area (Å²) in [7, 11) is 0. The molecule has 1 aromatic heterocycles. The van der Waals surface area contributed by atoms with Crippen molar-refractivity contribution in [3.8, 4) is 16.9 Å². The molecular formula is C29H34F4N4O3. The van der Waals surface area contributed by atoms with Crippen LogP contribution in [0.25, 0.3) is 11.1 Å². The number of piperidine rings is 1. The van der Waals surface area contributed by atoms with E-state index >= 15 is 0 Å². The van der Waals surface area contributed by atoms with E-state index in [9.17, 15) is 27.2 Å². The fourth-order valence-corrected chi connectivity index (χ4v) is 6.02. The molecule has 2 saturated heterocycles. The SMILES string of the molecule is NC(=O)C1CCCN1C(=O)c1ccc(-c2ccc(OCC3CCN(CC4(C(F)(F)F)CCC4)CC3)c(F)c2)cn1. The van der Waals surface area contributed by atoms with E-state index in [0.29, 0.717) is 69.5 Å². The summed E-state index contributed by atoms with van der Waals surface area (Å²) >= 11 is 0. The molecule has 11 heteroatoms. The van der Waals surface area contributed by atoms with Crippen LogP contribution in [0.4, 0.5) is 17.6 Å². The highest BCUT2D eigenvalue weighted by atomic mass is 19.4. The number of aromatic nitrogens is 1. The van der Waals surface area contributed by atoms with Gasteiger partial charge in [0.1, 0.15) is 11.7 Å². The molecule has 1 atom stereocenters. The first-order chi connectivity index (χ1) is 19.1. The molecule has 1 unspecified atom stereocenters. The minimum Gasteiger partial charge on any atom is -0.490 e. The van der Waals surface area contributed by atoms with Gasteiger partial charge in [0.2, 0.25) is 5.91 Å². The molecule has 1 saturated carbocycles. The first kappa shape index (κ1) is 28.3. The number of rotatable bonds is 8. The number of amides is 2. The highest BCUT2D eigenvalue weighted by Gasteiger charge is 2.58. The molecule has 216 valence electrons. The quantitative estimate of drug-likeness (QED) is 0.467. The largest absolute Gasteiger partial charge is 0.490 e. The molecule has 0 radical (unpaired) electrons. The number of primary amides is 1. The summed E-state index contributed by atoms with van der Waals surface area (Å²) in [6.07, 6.45) is 1.04. The van der Waals surface area contributed by atoms with Crippen molar-refractivity contribution in [1.82, 2.24) is 14.8 Å². The first-order valence-corrected chi connectivity index (χ1v) is 13.8. The van der Waals surface area contributed by atoms with Crippen LogP contribution < -0.4 is 10.5 Å². The summed E-state index contributed by atoms with van der Waals surface area (Å²) in [6.45, 7) is 1.98. The topological polar surface area (TPSA) is 88.8 Å². The van der Waals surface area contributed by atoms with E-state index in [1.807, 2.05) is 4.90 Å². The molecule has 40 heavy (non-hydrogen) atoms. The molecule has 7 nitrogen and oxygen atoms in total. The average Bonchev–Trinajstić information content (AvgIpc) is 3.40. The smallest absolute Gasteiger partial charge is 0.395 e. The van der Waals surface area contributed by atoms with Crippen LogP contribution in [-0.4, -0.2) is 71.6 Å². The van der Waals surface area contributed by atoms with E-state index in [0.717, 1.165) is 0 Å². The van der Waals surface area contributed by atoms with Crippen LogP contribution in [0.3, 0.4) is 0 Å². The zero-order valence-electron chi connectivity index (χ0n) is 22.3. The summed E-state index contributed by atoms with van der Waals surface area (Å²) in [5, 5.41) is 0. The number of ether oxygens (including phenoxy) is 1. The number of carbonyl (C=O) groups excluding carboxylic acids is 2. The monoisotopic (exact) mass is 562 g/mol. The number of pyridine rings is 1. The number of alkyl halides is 3. The number of nitrogens with zero attached hydrogens (tertiary/aromatic N) is 3. The van der Waals surface area contributed by atoms with Gasteiger partial charge < -0.3 is 20.3 Å². The molecule has 2 aliphatic heterocycles. The second-order valence-corrected chi connectivity index (χ2v) is 11.3. The van der Waals surface area contributed by atoms with Gasteiger partial charge in [-0.3, -0.25) is 14.6 Å². The van der Waals surface area contributed by atoms with Gasteiger partial charge in [-0.2, -0.15) is 13.2 Å². The minimum absolute atomic E-state index is 0.0658. The highest BCUT2D eigenvalue weighted by molar-refractivity contribution is 5.96. The van der Waals surface area contributed by atoms with E-state index in [1.165, 1.54) is 17.2 Å². The highest BCUT2D eigenvalue weighted by Crippen LogP contribution is 2.53. The Kier molecular flexibility index (Phi) is 8.03. The van der Waals surface area contributed by atoms with E-state index in [4.69, 9.17) is 10.5 Å². The van der Waals surface area contributed by atoms with Gasteiger partial charge in [0.05, 0.1) is 12.0 Å². The standard InChI is InChI=1S/C29H34F4N4O3/c30-22-15-20(21-4-6-23(35-16-21)27(39)37-12-1-3-24(37)26(34)38)5-7-25(22)40-17-19-8-13-36(14-9-19)18-28(10-2-11-28)29(31,32)33/h4-7,15-16,19,24H,1-3,8-14,17-18H2,(H2,34,38). The van der Waals surface area contributed by atoms with Crippen molar-refractivity contribution in [1.29, 1.82) is 0 Å². The lowest BCUT2D eigenvalue weighted by Gasteiger charge is -2.47. The Morgan fingerprint density at radius 3 is 2.33 bits per heavy atom. The first-order valence-electron chi connectivity index (χ1n) is 13.8. The Morgan fingerprint density at radius 1 is 1.02 bits per heavy atom. The molecule has 2 amide bonds. The van der Waals surface area contributed by atoms with Crippen LogP contribution in [0.5, 0.6) is 5.75 Å². The van der Waals surface area contributed by atoms with Crippen LogP contribution in [0, 0.1) is 17.2 Å². The van der Waals surface area contributed by atoms with Crippen molar-refractivity contribution in [2.45, 2.75) is 57.2 Å². The normalized spacial score (nSPS) is 21.7. The molecule has 2 N–H and O–H groups in total. The van der Waals surface area contributed by atoms with Gasteiger partial charge in [0.15, 0.2) is 11.6 Å². The Hall–Kier alpha value is -3.21. The van der Waals surface area contributed by atoms with Gasteiger partial charge in [-0.05, 0) is 81.3 Å². The van der Waals surface area contributed by atoms with Crippen LogP contribution in [0.1, 0.15) is 55.4 Å². The lowest BCUT2D eigenvalue weighted by Crippen LogP contribution is -2.53. The number of halogens is 4. The van der Waals surface area contributed by atoms with E-state index in [-0.39, 0.29) is 42.7 Å². The fraction of sp³-hybridized carbons (Fsp3) is 0.552. The van der Waals surface area contributed by atoms with Crippen molar-refractivity contribution in [2.24, 2.45) is 17.1 Å². The van der Waals surface area contributed by atoms with Crippen molar-refractivity contribution in [2.75, 3.05) is 32.8 Å². The fourth-order valence-electron chi connectivity index (χ4n) is 6.02. The van der Waals surface area contributed by atoms with Crippen molar-refractivity contribution < 1.29 is 31.9 Å². The number of hydrogen-bond acceptors (Lipinski definition) is 5. The molecule has 3 heterocycles. The lowest BCUT2D eigenvalue weighted by atomic mass is 9.67. The number of nitrogens with two attached hydrogens (primary N) is 1. The van der Waals surface area contributed by atoms with E-state index < -0.39 is 29.4 Å². The molecule has 1 aromatic carbocycles. The maximum absolute atomic E-state index is 14.9. The molecule has 3 fully saturated rings. The Labute approximate surface area is 230 Å². The van der Waals surface area contributed by atoms with Gasteiger partial charge in [-0.15, -0.1) is 0 Å². The second kappa shape index (κ2) is 11.3. The van der Waals surface area contributed by atoms with Crippen LogP contribution in [-0.2, 0) is 4.79 Å². The molecule has 0 bridgehead atoms. The maximum Gasteiger partial charge on any atom is 0.395 e. The molecule has 3 aliphatic rings. The average molecular weight is 563 g/mol. The predicted octanol–water partition coefficient (Wildman–Crippen LogP) is 4.80. The van der Waals surface area contributed by atoms with E-state index in [2.05, 4.69) is 4.98 Å². The van der Waals surface area contributed by atoms with Crippen molar-refractivity contribution in [3.05, 3.63) is 48.0 Å². The number of carbonyl (C=O) groups is 2. The second-order valence-electron chi connectivity index (χ2n) is 11.3. The van der Waals surface area contributed by atoms with Gasteiger partial charge in [-0.25, -0.2) is 4.39 Å². The predicted molar refractivity (Wildman–Crippen MR) is 140 cm³/mol. The van der Waals surface area contributed by atoms with Crippen LogP contribution in [0.2, 0.25) is 0 Å². The van der Waals surface area contributed by atoms with Gasteiger partial charge in [-0.1, -0.05) is 18.6 Å². The summed E-state index contributed by atoms with van der Waals surface area (Å²) < 4.78 is 61.1. The minimum atomic E-state index is -4.16. The zero-order valence-corrected chi connectivity index (χ0v) is 22.3. The summed E-state index contributed by atoms with van der Waals surface area (Å²) in [5.74, 6) is -1.17. The zero-order chi connectivity index (χ0) is 28.5. The van der Waals surface area contributed by atoms with Crippen LogP contribution in [0.15, 0.2) is 36.5 Å². The molecule has 2 aromatic rings. The summed E-state index contributed by atoms with van der Waals surface area (Å²) in [4.78, 5) is 32.0. The van der Waals surface area contributed by atoms with Crippen LogP contribution >= 0.6 is 0 Å². The molecular weight excluding hydrogens is 528 g/mol. The molecule has 0 spiro atoms. The number of likely N-dealkylation sites (tertiary alicyclic amines) is 2. The maximum atomic E-state index is 14.9. The third kappa shape index (κ3) is 5.80. The molecule has 1 aliphatic carbocycles. The lowest BCUT2D eigenvalue weighted by molar-refractivity contribution is -0.256. The summed E-state index contributed by atoms with van der Waals surface area (Å²) in [6, 6.07) is 7.18. The number of hydrogen-bond donors (Lipinski definition) is 1. The Balaban J connectivity index is 1.13. The third-order valence-electron chi connectivity index (χ3n) is 8.71. The Bertz CT molecular complexity index is 1220. The van der Waals surface area contributed by atoms with Crippen molar-refractivity contribution in [3.63, 3.8) is 0 Å². The van der Waals surface area contributed by atoms with Gasteiger partial charge >= 0.3 is 6.18 Å². The van der Waals surface area contributed by atoms with E-state index in [1.54, 1.807) is 24.3 Å². The van der Waals surface area contributed by atoms with Gasteiger partial charge in [0, 0.05) is 24.8 Å².